The van der Waals surface area contributed by atoms with Gasteiger partial charge in [-0.1, -0.05) is 18.2 Å². The summed E-state index contributed by atoms with van der Waals surface area (Å²) in [5.41, 5.74) is 0.757. The average Bonchev–Trinajstić information content (AvgIpc) is 2.55. The minimum Gasteiger partial charge on any atom is -1.00 e. The lowest BCUT2D eigenvalue weighted by Crippen LogP contribution is -3.00. The first-order valence-corrected chi connectivity index (χ1v) is 7.06. The van der Waals surface area contributed by atoms with Gasteiger partial charge < -0.3 is 22.5 Å². The van der Waals surface area contributed by atoms with Gasteiger partial charge in [-0.3, -0.25) is 4.79 Å². The van der Waals surface area contributed by atoms with Gasteiger partial charge >= 0.3 is 0 Å². The number of anilines is 1. The van der Waals surface area contributed by atoms with E-state index < -0.39 is 0 Å². The molecule has 0 radical (unpaired) electrons. The number of amides is 1. The van der Waals surface area contributed by atoms with Gasteiger partial charge in [0.1, 0.15) is 5.75 Å². The zero-order valence-electron chi connectivity index (χ0n) is 12.7. The highest BCUT2D eigenvalue weighted by Gasteiger charge is 2.10. The minimum atomic E-state index is -0.0644. The van der Waals surface area contributed by atoms with Crippen molar-refractivity contribution in [2.24, 2.45) is 0 Å². The first-order valence-electron chi connectivity index (χ1n) is 7.06. The van der Waals surface area contributed by atoms with Crippen molar-refractivity contribution in [3.05, 3.63) is 67.0 Å². The highest BCUT2D eigenvalue weighted by atomic mass is 35.5. The van der Waals surface area contributed by atoms with Gasteiger partial charge in [-0.25, -0.2) is 0 Å². The molecule has 0 bridgehead atoms. The summed E-state index contributed by atoms with van der Waals surface area (Å²) in [7, 11) is 1.62. The summed E-state index contributed by atoms with van der Waals surface area (Å²) < 4.78 is 6.97. The van der Waals surface area contributed by atoms with Crippen LogP contribution in [0.1, 0.15) is 0 Å². The van der Waals surface area contributed by atoms with Gasteiger partial charge in [0.15, 0.2) is 12.4 Å². The van der Waals surface area contributed by atoms with Gasteiger partial charge in [0.05, 0.1) is 7.11 Å². The molecule has 0 aliphatic carbocycles. The summed E-state index contributed by atoms with van der Waals surface area (Å²) in [6.45, 7) is 0.275. The smallest absolute Gasteiger partial charge is 0.290 e. The highest BCUT2D eigenvalue weighted by molar-refractivity contribution is 5.89. The Morgan fingerprint density at radius 1 is 1.04 bits per heavy atom. The van der Waals surface area contributed by atoms with Crippen molar-refractivity contribution in [1.82, 2.24) is 0 Å². The lowest BCUT2D eigenvalue weighted by Gasteiger charge is -2.05. The number of pyridine rings is 1. The largest absolute Gasteiger partial charge is 1.00 e. The number of fused-ring (bicyclic) bond motifs is 1. The van der Waals surface area contributed by atoms with Crippen LogP contribution in [0.25, 0.3) is 10.8 Å². The molecule has 0 aliphatic rings. The molecule has 0 fully saturated rings. The number of aromatic nitrogens is 1. The molecule has 1 aromatic heterocycles. The van der Waals surface area contributed by atoms with E-state index in [1.807, 2.05) is 65.5 Å². The van der Waals surface area contributed by atoms with Crippen LogP contribution in [0.2, 0.25) is 0 Å². The van der Waals surface area contributed by atoms with Crippen molar-refractivity contribution in [3.63, 3.8) is 0 Å². The molecular weight excluding hydrogens is 312 g/mol. The van der Waals surface area contributed by atoms with E-state index in [2.05, 4.69) is 11.4 Å². The number of methoxy groups -OCH3 is 1. The van der Waals surface area contributed by atoms with Gasteiger partial charge in [-0.15, -0.1) is 0 Å². The molecule has 0 atom stereocenters. The van der Waals surface area contributed by atoms with Crippen LogP contribution in [0, 0.1) is 0 Å². The molecule has 0 unspecified atom stereocenters. The fourth-order valence-corrected chi connectivity index (χ4v) is 2.32. The average molecular weight is 329 g/mol. The molecule has 2 aromatic carbocycles. The van der Waals surface area contributed by atoms with E-state index >= 15 is 0 Å². The van der Waals surface area contributed by atoms with E-state index in [9.17, 15) is 4.79 Å². The summed E-state index contributed by atoms with van der Waals surface area (Å²) in [5, 5.41) is 5.15. The van der Waals surface area contributed by atoms with Crippen LogP contribution in [0.4, 0.5) is 5.69 Å². The van der Waals surface area contributed by atoms with Gasteiger partial charge in [0, 0.05) is 17.1 Å². The number of carbonyl (C=O) groups excluding carboxylic acids is 1. The summed E-state index contributed by atoms with van der Waals surface area (Å²) >= 11 is 0. The van der Waals surface area contributed by atoms with Crippen molar-refractivity contribution < 1.29 is 26.5 Å². The molecular formula is C18H17ClN2O2. The SMILES string of the molecule is COc1ccc(NC(=O)C[n+]2ccc3ccccc3c2)cc1.[Cl-]. The molecule has 1 heterocycles. The van der Waals surface area contributed by atoms with Crippen LogP contribution >= 0.6 is 0 Å². The standard InChI is InChI=1S/C18H16N2O2.ClH/c1-22-17-8-6-16(7-9-17)19-18(21)13-20-11-10-14-4-2-3-5-15(14)12-20;/h2-12H,13H2,1H3;1H. The zero-order chi connectivity index (χ0) is 15.4. The van der Waals surface area contributed by atoms with E-state index in [0.717, 1.165) is 22.2 Å². The van der Waals surface area contributed by atoms with Gasteiger partial charge in [-0.05, 0) is 35.7 Å². The number of nitrogens with one attached hydrogen (secondary N) is 1. The minimum absolute atomic E-state index is 0. The molecule has 3 aromatic rings. The van der Waals surface area contributed by atoms with E-state index in [4.69, 9.17) is 4.74 Å². The number of hydrogen-bond donors (Lipinski definition) is 1. The monoisotopic (exact) mass is 328 g/mol. The lowest BCUT2D eigenvalue weighted by atomic mass is 10.2. The molecule has 23 heavy (non-hydrogen) atoms. The number of benzene rings is 2. The van der Waals surface area contributed by atoms with Crippen molar-refractivity contribution in [2.75, 3.05) is 12.4 Å². The van der Waals surface area contributed by atoms with Gasteiger partial charge in [0.25, 0.3) is 5.91 Å². The quantitative estimate of drug-likeness (QED) is 0.673. The Morgan fingerprint density at radius 2 is 1.74 bits per heavy atom. The zero-order valence-corrected chi connectivity index (χ0v) is 13.5. The van der Waals surface area contributed by atoms with Gasteiger partial charge in [0.2, 0.25) is 6.54 Å². The van der Waals surface area contributed by atoms with Crippen LogP contribution in [-0.2, 0) is 11.3 Å². The van der Waals surface area contributed by atoms with Crippen molar-refractivity contribution in [1.29, 1.82) is 0 Å². The van der Waals surface area contributed by atoms with Crippen LogP contribution in [0.3, 0.4) is 0 Å². The Balaban J connectivity index is 0.00000192. The third-order valence-electron chi connectivity index (χ3n) is 3.45. The Labute approximate surface area is 141 Å². The van der Waals surface area contributed by atoms with Crippen molar-refractivity contribution in [3.8, 4) is 5.75 Å². The van der Waals surface area contributed by atoms with E-state index in [-0.39, 0.29) is 24.9 Å². The van der Waals surface area contributed by atoms with Crippen LogP contribution in [0.5, 0.6) is 5.75 Å². The van der Waals surface area contributed by atoms with Crippen LogP contribution in [0.15, 0.2) is 67.0 Å². The molecule has 3 rings (SSSR count). The third kappa shape index (κ3) is 4.20. The number of rotatable bonds is 4. The van der Waals surface area contributed by atoms with Crippen LogP contribution < -0.4 is 27.0 Å². The highest BCUT2D eigenvalue weighted by Crippen LogP contribution is 2.15. The Hall–Kier alpha value is -2.59. The summed E-state index contributed by atoms with van der Waals surface area (Å²) in [6.07, 6.45) is 3.89. The lowest BCUT2D eigenvalue weighted by molar-refractivity contribution is -0.682. The first kappa shape index (κ1) is 16.8. The summed E-state index contributed by atoms with van der Waals surface area (Å²) in [5.74, 6) is 0.701. The third-order valence-corrected chi connectivity index (χ3v) is 3.45. The molecule has 1 amide bonds. The molecule has 118 valence electrons. The van der Waals surface area contributed by atoms with E-state index in [1.165, 1.54) is 0 Å². The van der Waals surface area contributed by atoms with Crippen molar-refractivity contribution in [2.45, 2.75) is 6.54 Å². The maximum Gasteiger partial charge on any atom is 0.290 e. The Bertz CT molecular complexity index is 803. The first-order chi connectivity index (χ1) is 10.7. The Kier molecular flexibility index (Phi) is 5.55. The maximum absolute atomic E-state index is 12.1. The summed E-state index contributed by atoms with van der Waals surface area (Å²) in [4.78, 5) is 12.1. The molecule has 5 heteroatoms. The number of nitrogens with zero attached hydrogens (tertiary/aromatic N) is 1. The fraction of sp³-hybridized carbons (Fsp3) is 0.111. The Morgan fingerprint density at radius 3 is 2.43 bits per heavy atom. The number of carbonyl (C=O) groups is 1. The number of halogens is 1. The molecule has 0 aliphatic heterocycles. The molecule has 0 saturated heterocycles. The van der Waals surface area contributed by atoms with Crippen molar-refractivity contribution >= 4 is 22.4 Å². The molecule has 4 nitrogen and oxygen atoms in total. The summed E-state index contributed by atoms with van der Waals surface area (Å²) in [6, 6.07) is 17.4. The number of ether oxygens (including phenoxy) is 1. The predicted octanol–water partition coefficient (Wildman–Crippen LogP) is -0.221. The number of hydrogen-bond acceptors (Lipinski definition) is 2. The predicted molar refractivity (Wildman–Crippen MR) is 85.8 cm³/mol. The molecule has 1 N–H and O–H groups in total. The topological polar surface area (TPSA) is 42.2 Å². The van der Waals surface area contributed by atoms with Crippen LogP contribution in [-0.4, -0.2) is 13.0 Å². The maximum atomic E-state index is 12.1. The van der Waals surface area contributed by atoms with E-state index in [0.29, 0.717) is 0 Å². The normalized spacial score (nSPS) is 9.96. The van der Waals surface area contributed by atoms with E-state index in [1.54, 1.807) is 7.11 Å². The fourth-order valence-electron chi connectivity index (χ4n) is 2.32. The molecule has 0 saturated carbocycles. The van der Waals surface area contributed by atoms with Gasteiger partial charge in [-0.2, -0.15) is 4.57 Å². The second-order valence-corrected chi connectivity index (χ2v) is 5.02. The second kappa shape index (κ2) is 7.61. The second-order valence-electron chi connectivity index (χ2n) is 5.02. The molecule has 0 spiro atoms.